The van der Waals surface area contributed by atoms with Crippen molar-refractivity contribution in [3.63, 3.8) is 0 Å². The Bertz CT molecular complexity index is 835. The second-order valence-corrected chi connectivity index (χ2v) is 5.34. The first-order valence-corrected chi connectivity index (χ1v) is 7.52. The minimum absolute atomic E-state index is 0.0697. The van der Waals surface area contributed by atoms with E-state index in [0.717, 1.165) is 24.3 Å². The molecule has 0 saturated heterocycles. The van der Waals surface area contributed by atoms with Crippen LogP contribution in [0.15, 0.2) is 42.5 Å². The Morgan fingerprint density at radius 2 is 1.35 bits per heavy atom. The van der Waals surface area contributed by atoms with Gasteiger partial charge in [-0.2, -0.15) is 13.2 Å². The van der Waals surface area contributed by atoms with Crippen LogP contribution in [0.2, 0.25) is 0 Å². The molecule has 0 fully saturated rings. The molecule has 6 nitrogen and oxygen atoms in total. The Morgan fingerprint density at radius 1 is 0.808 bits per heavy atom. The lowest BCUT2D eigenvalue weighted by molar-refractivity contribution is -0.137. The van der Waals surface area contributed by atoms with Gasteiger partial charge in [0.15, 0.2) is 11.5 Å². The topological polar surface area (TPSA) is 76.7 Å². The van der Waals surface area contributed by atoms with E-state index in [9.17, 15) is 22.8 Å². The van der Waals surface area contributed by atoms with Gasteiger partial charge in [0.1, 0.15) is 13.2 Å². The van der Waals surface area contributed by atoms with Crippen molar-refractivity contribution in [2.45, 2.75) is 6.18 Å². The third kappa shape index (κ3) is 4.05. The third-order valence-corrected chi connectivity index (χ3v) is 3.48. The van der Waals surface area contributed by atoms with Crippen molar-refractivity contribution in [3.05, 3.63) is 48.0 Å². The third-order valence-electron chi connectivity index (χ3n) is 3.48. The molecule has 26 heavy (non-hydrogen) atoms. The molecule has 0 radical (unpaired) electrons. The van der Waals surface area contributed by atoms with Crippen molar-refractivity contribution < 1.29 is 32.2 Å². The fraction of sp³-hybridized carbons (Fsp3) is 0.176. The molecule has 0 saturated carbocycles. The number of carbonyl (C=O) groups excluding carboxylic acids is 2. The van der Waals surface area contributed by atoms with Gasteiger partial charge in [-0.25, -0.2) is 0 Å². The van der Waals surface area contributed by atoms with Gasteiger partial charge in [0.25, 0.3) is 0 Å². The van der Waals surface area contributed by atoms with Crippen molar-refractivity contribution in [1.82, 2.24) is 0 Å². The second kappa shape index (κ2) is 6.95. The minimum atomic E-state index is -4.47. The molecule has 2 N–H and O–H groups in total. The van der Waals surface area contributed by atoms with Crippen LogP contribution in [0.3, 0.4) is 0 Å². The molecule has 2 amide bonds. The van der Waals surface area contributed by atoms with Crippen LogP contribution >= 0.6 is 0 Å². The van der Waals surface area contributed by atoms with Crippen LogP contribution in [-0.4, -0.2) is 25.0 Å². The van der Waals surface area contributed by atoms with Gasteiger partial charge in [0.2, 0.25) is 0 Å². The molecule has 2 aromatic carbocycles. The van der Waals surface area contributed by atoms with E-state index in [-0.39, 0.29) is 5.69 Å². The highest BCUT2D eigenvalue weighted by Gasteiger charge is 2.30. The van der Waals surface area contributed by atoms with Crippen molar-refractivity contribution >= 4 is 23.2 Å². The fourth-order valence-electron chi connectivity index (χ4n) is 2.24. The van der Waals surface area contributed by atoms with E-state index in [2.05, 4.69) is 10.6 Å². The predicted octanol–water partition coefficient (Wildman–Crippen LogP) is 3.05. The van der Waals surface area contributed by atoms with Crippen LogP contribution < -0.4 is 20.1 Å². The van der Waals surface area contributed by atoms with Gasteiger partial charge in [-0.05, 0) is 36.4 Å². The number of carbonyl (C=O) groups is 2. The highest BCUT2D eigenvalue weighted by atomic mass is 19.4. The Balaban J connectivity index is 1.62. The van der Waals surface area contributed by atoms with Gasteiger partial charge in [-0.3, -0.25) is 9.59 Å². The minimum Gasteiger partial charge on any atom is -0.486 e. The maximum Gasteiger partial charge on any atom is 0.416 e. The number of anilines is 2. The average molecular weight is 366 g/mol. The number of nitrogens with one attached hydrogen (secondary N) is 2. The molecule has 136 valence electrons. The molecular formula is C17H13F3N2O4. The number of fused-ring (bicyclic) bond motifs is 1. The lowest BCUT2D eigenvalue weighted by Gasteiger charge is -2.18. The van der Waals surface area contributed by atoms with Crippen LogP contribution in [-0.2, 0) is 15.8 Å². The second-order valence-electron chi connectivity index (χ2n) is 5.34. The van der Waals surface area contributed by atoms with Crippen LogP contribution in [0.4, 0.5) is 24.5 Å². The summed E-state index contributed by atoms with van der Waals surface area (Å²) in [6, 6.07) is 8.41. The number of amides is 2. The van der Waals surface area contributed by atoms with Crippen molar-refractivity contribution in [2.75, 3.05) is 23.8 Å². The van der Waals surface area contributed by atoms with E-state index < -0.39 is 23.6 Å². The lowest BCUT2D eigenvalue weighted by Crippen LogP contribution is -2.29. The van der Waals surface area contributed by atoms with Gasteiger partial charge < -0.3 is 20.1 Å². The molecule has 0 bridgehead atoms. The maximum atomic E-state index is 12.5. The number of rotatable bonds is 2. The zero-order valence-electron chi connectivity index (χ0n) is 13.2. The number of ether oxygens (including phenoxy) is 2. The number of halogens is 3. The smallest absolute Gasteiger partial charge is 0.416 e. The Kier molecular flexibility index (Phi) is 4.70. The van der Waals surface area contributed by atoms with Crippen LogP contribution in [0.25, 0.3) is 0 Å². The Hall–Kier alpha value is -3.23. The van der Waals surface area contributed by atoms with E-state index in [0.29, 0.717) is 30.4 Å². The molecule has 0 aromatic heterocycles. The van der Waals surface area contributed by atoms with E-state index in [4.69, 9.17) is 9.47 Å². The average Bonchev–Trinajstić information content (AvgIpc) is 2.61. The van der Waals surface area contributed by atoms with Crippen LogP contribution in [0.5, 0.6) is 11.5 Å². The molecule has 1 aliphatic heterocycles. The summed E-state index contributed by atoms with van der Waals surface area (Å²) < 4.78 is 48.2. The van der Waals surface area contributed by atoms with Crippen molar-refractivity contribution in [1.29, 1.82) is 0 Å². The summed E-state index contributed by atoms with van der Waals surface area (Å²) in [5.41, 5.74) is -0.460. The first-order chi connectivity index (χ1) is 12.3. The highest BCUT2D eigenvalue weighted by Crippen LogP contribution is 2.32. The normalized spacial score (nSPS) is 13.0. The molecule has 3 rings (SSSR count). The maximum absolute atomic E-state index is 12.5. The molecule has 0 spiro atoms. The van der Waals surface area contributed by atoms with Crippen LogP contribution in [0, 0.1) is 0 Å². The van der Waals surface area contributed by atoms with Gasteiger partial charge in [-0.1, -0.05) is 0 Å². The highest BCUT2D eigenvalue weighted by molar-refractivity contribution is 6.43. The first kappa shape index (κ1) is 17.6. The Morgan fingerprint density at radius 3 is 1.96 bits per heavy atom. The molecule has 2 aromatic rings. The molecule has 1 aliphatic rings. The number of benzene rings is 2. The van der Waals surface area contributed by atoms with E-state index in [1.54, 1.807) is 6.07 Å². The van der Waals surface area contributed by atoms with Crippen molar-refractivity contribution in [3.8, 4) is 11.5 Å². The molecular weight excluding hydrogens is 353 g/mol. The summed E-state index contributed by atoms with van der Waals surface area (Å²) in [5.74, 6) is -1.01. The quantitative estimate of drug-likeness (QED) is 0.801. The number of hydrogen-bond donors (Lipinski definition) is 2. The number of hydrogen-bond acceptors (Lipinski definition) is 4. The van der Waals surface area contributed by atoms with Crippen molar-refractivity contribution in [2.24, 2.45) is 0 Å². The molecule has 0 aliphatic carbocycles. The fourth-order valence-corrected chi connectivity index (χ4v) is 2.24. The van der Waals surface area contributed by atoms with Gasteiger partial charge in [0, 0.05) is 17.4 Å². The van der Waals surface area contributed by atoms with E-state index in [1.165, 1.54) is 12.1 Å². The summed E-state index contributed by atoms with van der Waals surface area (Å²) in [6.07, 6.45) is -4.47. The summed E-state index contributed by atoms with van der Waals surface area (Å²) in [6.45, 7) is 0.799. The van der Waals surface area contributed by atoms with E-state index >= 15 is 0 Å². The molecule has 0 atom stereocenters. The zero-order chi connectivity index (χ0) is 18.7. The van der Waals surface area contributed by atoms with E-state index in [1.807, 2.05) is 0 Å². The summed E-state index contributed by atoms with van der Waals surface area (Å²) >= 11 is 0. The van der Waals surface area contributed by atoms with Crippen LogP contribution in [0.1, 0.15) is 5.56 Å². The lowest BCUT2D eigenvalue weighted by atomic mass is 10.2. The summed E-state index contributed by atoms with van der Waals surface area (Å²) in [4.78, 5) is 23.8. The standard InChI is InChI=1S/C17H13F3N2O4/c18-17(19,20)10-1-3-11(4-2-10)21-15(23)16(24)22-12-5-6-13-14(9-12)26-8-7-25-13/h1-6,9H,7-8H2,(H,21,23)(H,22,24). The first-order valence-electron chi connectivity index (χ1n) is 7.52. The SMILES string of the molecule is O=C(Nc1ccc(C(F)(F)F)cc1)C(=O)Nc1ccc2c(c1)OCCO2. The largest absolute Gasteiger partial charge is 0.486 e. The molecule has 1 heterocycles. The molecule has 9 heteroatoms. The van der Waals surface area contributed by atoms with Gasteiger partial charge >= 0.3 is 18.0 Å². The summed E-state index contributed by atoms with van der Waals surface area (Å²) in [5, 5.41) is 4.61. The Labute approximate surface area is 145 Å². The zero-order valence-corrected chi connectivity index (χ0v) is 13.2. The van der Waals surface area contributed by atoms with Gasteiger partial charge in [-0.15, -0.1) is 0 Å². The number of alkyl halides is 3. The summed E-state index contributed by atoms with van der Waals surface area (Å²) in [7, 11) is 0. The predicted molar refractivity (Wildman–Crippen MR) is 86.1 cm³/mol. The molecule has 0 unspecified atom stereocenters. The van der Waals surface area contributed by atoms with Gasteiger partial charge in [0.05, 0.1) is 5.56 Å². The monoisotopic (exact) mass is 366 g/mol.